The predicted molar refractivity (Wildman–Crippen MR) is 111 cm³/mol. The van der Waals surface area contributed by atoms with Gasteiger partial charge in [0.2, 0.25) is 0 Å². The summed E-state index contributed by atoms with van der Waals surface area (Å²) in [5, 5.41) is 6.26. The second-order valence-corrected chi connectivity index (χ2v) is 7.54. The SMILES string of the molecule is CC1CCCN(c2ccc3c(n2)N(C(=O)Nc2cnccn2)CCCCN3)C1. The van der Waals surface area contributed by atoms with Crippen LogP contribution in [0.2, 0.25) is 0 Å². The van der Waals surface area contributed by atoms with E-state index in [9.17, 15) is 4.79 Å². The Morgan fingerprint density at radius 2 is 2.14 bits per heavy atom. The molecule has 148 valence electrons. The van der Waals surface area contributed by atoms with Gasteiger partial charge >= 0.3 is 6.03 Å². The van der Waals surface area contributed by atoms with Crippen molar-refractivity contribution in [1.29, 1.82) is 0 Å². The number of fused-ring (bicyclic) bond motifs is 1. The predicted octanol–water partition coefficient (Wildman–Crippen LogP) is 3.35. The van der Waals surface area contributed by atoms with Crippen molar-refractivity contribution in [2.75, 3.05) is 46.6 Å². The van der Waals surface area contributed by atoms with Gasteiger partial charge in [-0.3, -0.25) is 15.2 Å². The van der Waals surface area contributed by atoms with E-state index in [0.717, 1.165) is 44.0 Å². The van der Waals surface area contributed by atoms with Crippen molar-refractivity contribution in [1.82, 2.24) is 15.0 Å². The van der Waals surface area contributed by atoms with Crippen LogP contribution in [-0.4, -0.2) is 47.2 Å². The zero-order valence-electron chi connectivity index (χ0n) is 16.3. The number of anilines is 4. The van der Waals surface area contributed by atoms with Gasteiger partial charge in [-0.2, -0.15) is 0 Å². The number of amides is 2. The van der Waals surface area contributed by atoms with Crippen molar-refractivity contribution >= 4 is 29.2 Å². The Kier molecular flexibility index (Phi) is 5.55. The molecule has 0 aromatic carbocycles. The molecule has 1 atom stereocenters. The number of piperidine rings is 1. The summed E-state index contributed by atoms with van der Waals surface area (Å²) in [6, 6.07) is 3.87. The van der Waals surface area contributed by atoms with Crippen LogP contribution in [0.15, 0.2) is 30.7 Å². The minimum Gasteiger partial charge on any atom is -0.382 e. The zero-order chi connectivity index (χ0) is 19.3. The summed E-state index contributed by atoms with van der Waals surface area (Å²) in [6.07, 6.45) is 9.03. The van der Waals surface area contributed by atoms with Crippen LogP contribution in [0.3, 0.4) is 0 Å². The number of hydrogen-bond acceptors (Lipinski definition) is 6. The lowest BCUT2D eigenvalue weighted by molar-refractivity contribution is 0.256. The smallest absolute Gasteiger partial charge is 0.328 e. The molecule has 0 aliphatic carbocycles. The highest BCUT2D eigenvalue weighted by Gasteiger charge is 2.25. The molecule has 0 bridgehead atoms. The van der Waals surface area contributed by atoms with Crippen molar-refractivity contribution in [2.45, 2.75) is 32.6 Å². The summed E-state index contributed by atoms with van der Waals surface area (Å²) < 4.78 is 0. The van der Waals surface area contributed by atoms with Crippen molar-refractivity contribution in [3.05, 3.63) is 30.7 Å². The van der Waals surface area contributed by atoms with Crippen molar-refractivity contribution < 1.29 is 4.79 Å². The number of carbonyl (C=O) groups excluding carboxylic acids is 1. The third-order valence-corrected chi connectivity index (χ3v) is 5.26. The molecule has 2 amide bonds. The molecular weight excluding hydrogens is 354 g/mol. The van der Waals surface area contributed by atoms with Crippen LogP contribution in [0, 0.1) is 5.92 Å². The van der Waals surface area contributed by atoms with Gasteiger partial charge in [0.05, 0.1) is 11.9 Å². The average Bonchev–Trinajstić information content (AvgIpc) is 2.69. The molecule has 0 spiro atoms. The molecular formula is C20H27N7O. The first-order valence-electron chi connectivity index (χ1n) is 10.0. The first-order chi connectivity index (χ1) is 13.7. The molecule has 1 unspecified atom stereocenters. The first-order valence-corrected chi connectivity index (χ1v) is 10.0. The van der Waals surface area contributed by atoms with Crippen molar-refractivity contribution in [3.63, 3.8) is 0 Å². The number of urea groups is 1. The second-order valence-electron chi connectivity index (χ2n) is 7.54. The van der Waals surface area contributed by atoms with Gasteiger partial charge in [0.1, 0.15) is 5.82 Å². The van der Waals surface area contributed by atoms with Crippen LogP contribution in [0.25, 0.3) is 0 Å². The molecule has 0 radical (unpaired) electrons. The van der Waals surface area contributed by atoms with E-state index < -0.39 is 0 Å². The van der Waals surface area contributed by atoms with Gasteiger partial charge in [0, 0.05) is 38.6 Å². The molecule has 28 heavy (non-hydrogen) atoms. The van der Waals surface area contributed by atoms with Crippen LogP contribution < -0.4 is 20.4 Å². The zero-order valence-corrected chi connectivity index (χ0v) is 16.3. The molecule has 8 heteroatoms. The molecule has 1 saturated heterocycles. The van der Waals surface area contributed by atoms with Crippen LogP contribution in [0.5, 0.6) is 0 Å². The lowest BCUT2D eigenvalue weighted by Crippen LogP contribution is -2.39. The van der Waals surface area contributed by atoms with Gasteiger partial charge in [-0.05, 0) is 43.7 Å². The van der Waals surface area contributed by atoms with E-state index in [4.69, 9.17) is 4.98 Å². The maximum atomic E-state index is 13.0. The third kappa shape index (κ3) is 4.16. The fourth-order valence-corrected chi connectivity index (χ4v) is 3.82. The summed E-state index contributed by atoms with van der Waals surface area (Å²) >= 11 is 0. The number of aromatic nitrogens is 3. The summed E-state index contributed by atoms with van der Waals surface area (Å²) in [5.41, 5.74) is 0.891. The van der Waals surface area contributed by atoms with Crippen molar-refractivity contribution in [3.8, 4) is 0 Å². The summed E-state index contributed by atoms with van der Waals surface area (Å²) in [4.78, 5) is 30.1. The van der Waals surface area contributed by atoms with Gasteiger partial charge < -0.3 is 10.2 Å². The minimum atomic E-state index is -0.234. The lowest BCUT2D eigenvalue weighted by atomic mass is 10.0. The topological polar surface area (TPSA) is 86.3 Å². The Balaban J connectivity index is 1.62. The largest absolute Gasteiger partial charge is 0.382 e. The van der Waals surface area contributed by atoms with E-state index in [1.165, 1.54) is 12.8 Å². The Hall–Kier alpha value is -2.90. The number of pyridine rings is 1. The summed E-state index contributed by atoms with van der Waals surface area (Å²) in [7, 11) is 0. The fourth-order valence-electron chi connectivity index (χ4n) is 3.82. The molecule has 2 aromatic heterocycles. The van der Waals surface area contributed by atoms with Crippen LogP contribution in [0.1, 0.15) is 32.6 Å². The van der Waals surface area contributed by atoms with Gasteiger partial charge in [-0.1, -0.05) is 6.92 Å². The van der Waals surface area contributed by atoms with E-state index in [1.54, 1.807) is 23.5 Å². The monoisotopic (exact) mass is 381 g/mol. The molecule has 8 nitrogen and oxygen atoms in total. The normalized spacial score (nSPS) is 19.8. The number of rotatable bonds is 2. The first kappa shape index (κ1) is 18.5. The van der Waals surface area contributed by atoms with Crippen molar-refractivity contribution in [2.24, 2.45) is 5.92 Å². The summed E-state index contributed by atoms with van der Waals surface area (Å²) in [5.74, 6) is 2.71. The van der Waals surface area contributed by atoms with E-state index in [-0.39, 0.29) is 6.03 Å². The number of hydrogen-bond donors (Lipinski definition) is 2. The molecule has 1 fully saturated rings. The Morgan fingerprint density at radius 1 is 1.21 bits per heavy atom. The van der Waals surface area contributed by atoms with E-state index >= 15 is 0 Å². The van der Waals surface area contributed by atoms with Crippen LogP contribution in [0.4, 0.5) is 27.9 Å². The molecule has 0 saturated carbocycles. The highest BCUT2D eigenvalue weighted by molar-refractivity contribution is 6.02. The van der Waals surface area contributed by atoms with Gasteiger partial charge in [0.25, 0.3) is 0 Å². The van der Waals surface area contributed by atoms with Gasteiger partial charge in [0.15, 0.2) is 11.6 Å². The average molecular weight is 381 g/mol. The van der Waals surface area contributed by atoms with Crippen LogP contribution in [-0.2, 0) is 0 Å². The number of carbonyl (C=O) groups is 1. The maximum Gasteiger partial charge on any atom is 0.328 e. The minimum absolute atomic E-state index is 0.234. The standard InChI is InChI=1S/C20H27N7O/c1-15-5-4-11-26(14-15)18-7-6-16-19(25-18)27(12-3-2-8-22-16)20(28)24-17-13-21-9-10-23-17/h6-7,9-10,13,15,22H,2-5,8,11-12,14H2,1H3,(H,23,24,28). The molecule has 2 N–H and O–H groups in total. The fraction of sp³-hybridized carbons (Fsp3) is 0.500. The Morgan fingerprint density at radius 3 is 2.96 bits per heavy atom. The third-order valence-electron chi connectivity index (χ3n) is 5.26. The van der Waals surface area contributed by atoms with E-state index in [0.29, 0.717) is 24.1 Å². The molecule has 4 rings (SSSR count). The highest BCUT2D eigenvalue weighted by Crippen LogP contribution is 2.31. The summed E-state index contributed by atoms with van der Waals surface area (Å²) in [6.45, 7) is 5.80. The lowest BCUT2D eigenvalue weighted by Gasteiger charge is -2.33. The Bertz CT molecular complexity index is 813. The van der Waals surface area contributed by atoms with Gasteiger partial charge in [-0.25, -0.2) is 14.8 Å². The second kappa shape index (κ2) is 8.41. The molecule has 2 aliphatic rings. The maximum absolute atomic E-state index is 13.0. The number of nitrogens with one attached hydrogen (secondary N) is 2. The number of nitrogens with zero attached hydrogens (tertiary/aromatic N) is 5. The van der Waals surface area contributed by atoms with E-state index in [2.05, 4.69) is 38.5 Å². The van der Waals surface area contributed by atoms with Crippen LogP contribution >= 0.6 is 0 Å². The van der Waals surface area contributed by atoms with E-state index in [1.807, 2.05) is 6.07 Å². The van der Waals surface area contributed by atoms with Gasteiger partial charge in [-0.15, -0.1) is 0 Å². The Labute approximate surface area is 165 Å². The molecule has 2 aromatic rings. The molecule has 2 aliphatic heterocycles. The quantitative estimate of drug-likeness (QED) is 0.830. The highest BCUT2D eigenvalue weighted by atomic mass is 16.2. The molecule has 4 heterocycles.